The Morgan fingerprint density at radius 3 is 2.78 bits per heavy atom. The number of hydrogen-bond acceptors (Lipinski definition) is 8. The number of hydrogen-bond donors (Lipinski definition) is 4. The highest BCUT2D eigenvalue weighted by Gasteiger charge is 2.42. The summed E-state index contributed by atoms with van der Waals surface area (Å²) in [6, 6.07) is 8.78. The van der Waals surface area contributed by atoms with Gasteiger partial charge in [0.15, 0.2) is 11.5 Å². The molecule has 1 atom stereocenters. The number of primary amides is 1. The van der Waals surface area contributed by atoms with Gasteiger partial charge >= 0.3 is 0 Å². The van der Waals surface area contributed by atoms with E-state index in [9.17, 15) is 19.5 Å². The molecule has 4 rings (SSSR count). The van der Waals surface area contributed by atoms with Crippen LogP contribution < -0.4 is 16.8 Å². The van der Waals surface area contributed by atoms with Gasteiger partial charge in [0.05, 0.1) is 12.1 Å². The van der Waals surface area contributed by atoms with Crippen molar-refractivity contribution in [2.24, 2.45) is 11.5 Å². The van der Waals surface area contributed by atoms with Gasteiger partial charge in [-0.3, -0.25) is 14.4 Å². The molecular formula is C26H29N7O4. The number of carbonyl (C=O) groups is 3. The first kappa shape index (κ1) is 26.0. The van der Waals surface area contributed by atoms with Crippen LogP contribution in [-0.4, -0.2) is 74.7 Å². The molecule has 192 valence electrons. The quantitative estimate of drug-likeness (QED) is 0.293. The number of aliphatic hydroxyl groups is 1. The van der Waals surface area contributed by atoms with Crippen LogP contribution in [0.25, 0.3) is 16.7 Å². The number of nitrogens with zero attached hydrogens (tertiary/aromatic N) is 4. The molecule has 0 spiro atoms. The zero-order valence-corrected chi connectivity index (χ0v) is 20.5. The van der Waals surface area contributed by atoms with Gasteiger partial charge in [-0.15, -0.1) is 0 Å². The van der Waals surface area contributed by atoms with E-state index >= 15 is 0 Å². The number of carbonyl (C=O) groups excluding carboxylic acids is 3. The maximum atomic E-state index is 12.2. The summed E-state index contributed by atoms with van der Waals surface area (Å²) >= 11 is 0. The minimum Gasteiger partial charge on any atom is -0.369 e. The molecule has 1 aromatic carbocycles. The maximum absolute atomic E-state index is 12.2. The number of ketones is 1. The molecule has 1 aliphatic heterocycles. The van der Waals surface area contributed by atoms with Crippen LogP contribution >= 0.6 is 0 Å². The minimum absolute atomic E-state index is 0.0858. The topological polar surface area (TPSA) is 169 Å². The van der Waals surface area contributed by atoms with Gasteiger partial charge in [0, 0.05) is 50.1 Å². The van der Waals surface area contributed by atoms with Gasteiger partial charge in [0.1, 0.15) is 5.78 Å². The van der Waals surface area contributed by atoms with Gasteiger partial charge in [-0.05, 0) is 42.8 Å². The summed E-state index contributed by atoms with van der Waals surface area (Å²) in [5, 5.41) is 18.6. The summed E-state index contributed by atoms with van der Waals surface area (Å²) in [4.78, 5) is 42.0. The standard InChI is InChI=1S/C26H29N7O4/c1-32-12-9-26(37,25(32)36)8-6-17-7-11-30-22(14-17)33-21-5-4-18(13-20(21)23(31-33)24(28)35)15-29-16-19(34)3-2-10-27/h4-5,7,11,13-14,29,37H,2-3,9-10,12,15-16,27H2,1H3,(H2,28,35)/t26-/m0/s1. The summed E-state index contributed by atoms with van der Waals surface area (Å²) in [5.41, 5.74) is 11.4. The highest BCUT2D eigenvalue weighted by atomic mass is 16.3. The molecule has 3 heterocycles. The molecule has 2 amide bonds. The van der Waals surface area contributed by atoms with Crippen molar-refractivity contribution in [3.05, 3.63) is 53.3 Å². The average molecular weight is 504 g/mol. The third-order valence-corrected chi connectivity index (χ3v) is 6.17. The van der Waals surface area contributed by atoms with Crippen molar-refractivity contribution in [1.29, 1.82) is 0 Å². The number of rotatable bonds is 9. The van der Waals surface area contributed by atoms with Gasteiger partial charge in [-0.2, -0.15) is 5.10 Å². The van der Waals surface area contributed by atoms with E-state index in [-0.39, 0.29) is 24.4 Å². The molecule has 11 nitrogen and oxygen atoms in total. The number of pyridine rings is 1. The van der Waals surface area contributed by atoms with Crippen molar-refractivity contribution < 1.29 is 19.5 Å². The van der Waals surface area contributed by atoms with Gasteiger partial charge < -0.3 is 26.8 Å². The van der Waals surface area contributed by atoms with Crippen LogP contribution in [0.2, 0.25) is 0 Å². The van der Waals surface area contributed by atoms with Gasteiger partial charge in [-0.25, -0.2) is 9.67 Å². The van der Waals surface area contributed by atoms with E-state index in [1.54, 1.807) is 31.3 Å². The van der Waals surface area contributed by atoms with Crippen LogP contribution in [0.5, 0.6) is 0 Å². The smallest absolute Gasteiger partial charge is 0.269 e. The van der Waals surface area contributed by atoms with Gasteiger partial charge in [0.2, 0.25) is 5.60 Å². The Morgan fingerprint density at radius 2 is 2.08 bits per heavy atom. The van der Waals surface area contributed by atoms with Crippen LogP contribution in [0.4, 0.5) is 0 Å². The fraction of sp³-hybridized carbons (Fsp3) is 0.346. The molecular weight excluding hydrogens is 474 g/mol. The van der Waals surface area contributed by atoms with Crippen molar-refractivity contribution >= 4 is 28.5 Å². The van der Waals surface area contributed by atoms with Crippen molar-refractivity contribution in [1.82, 2.24) is 25.0 Å². The van der Waals surface area contributed by atoms with E-state index in [0.717, 1.165) is 5.56 Å². The Kier molecular flexibility index (Phi) is 7.63. The minimum atomic E-state index is -1.71. The van der Waals surface area contributed by atoms with E-state index in [2.05, 4.69) is 27.2 Å². The number of likely N-dealkylation sites (N-methyl/N-ethyl adjacent to an activating group) is 1. The molecule has 0 saturated carbocycles. The first-order valence-corrected chi connectivity index (χ1v) is 11.9. The van der Waals surface area contributed by atoms with Crippen LogP contribution in [0.3, 0.4) is 0 Å². The first-order valence-electron chi connectivity index (χ1n) is 11.9. The molecule has 1 fully saturated rings. The SMILES string of the molecule is CN1CC[C@@](O)(C#Cc2ccnc(-n3nc(C(N)=O)c4cc(CNCC(=O)CCCN)ccc43)c2)C1=O. The zero-order valence-electron chi connectivity index (χ0n) is 20.5. The zero-order chi connectivity index (χ0) is 26.6. The van der Waals surface area contributed by atoms with Crippen molar-refractivity contribution in [3.8, 4) is 17.7 Å². The third-order valence-electron chi connectivity index (χ3n) is 6.17. The number of nitrogens with one attached hydrogen (secondary N) is 1. The van der Waals surface area contributed by atoms with E-state index in [4.69, 9.17) is 11.5 Å². The summed E-state index contributed by atoms with van der Waals surface area (Å²) in [6.45, 7) is 1.57. The molecule has 6 N–H and O–H groups in total. The molecule has 0 unspecified atom stereocenters. The Labute approximate surface area is 213 Å². The van der Waals surface area contributed by atoms with E-state index < -0.39 is 17.4 Å². The molecule has 37 heavy (non-hydrogen) atoms. The van der Waals surface area contributed by atoms with Crippen molar-refractivity contribution in [3.63, 3.8) is 0 Å². The predicted molar refractivity (Wildman–Crippen MR) is 136 cm³/mol. The second-order valence-electron chi connectivity index (χ2n) is 9.00. The Morgan fingerprint density at radius 1 is 1.27 bits per heavy atom. The number of likely N-dealkylation sites (tertiary alicyclic amines) is 1. The molecule has 3 aromatic rings. The number of fused-ring (bicyclic) bond motifs is 1. The summed E-state index contributed by atoms with van der Waals surface area (Å²) in [7, 11) is 1.62. The van der Waals surface area contributed by atoms with Gasteiger partial charge in [-0.1, -0.05) is 17.9 Å². The Balaban J connectivity index is 1.60. The summed E-state index contributed by atoms with van der Waals surface area (Å²) in [6.07, 6.45) is 2.86. The molecule has 2 aromatic heterocycles. The number of benzene rings is 1. The van der Waals surface area contributed by atoms with E-state index in [1.165, 1.54) is 15.8 Å². The maximum Gasteiger partial charge on any atom is 0.269 e. The number of aromatic nitrogens is 3. The highest BCUT2D eigenvalue weighted by molar-refractivity contribution is 6.04. The van der Waals surface area contributed by atoms with Crippen LogP contribution in [0.1, 0.15) is 40.9 Å². The summed E-state index contributed by atoms with van der Waals surface area (Å²) in [5.74, 6) is 4.91. The molecule has 1 aliphatic rings. The second-order valence-corrected chi connectivity index (χ2v) is 9.00. The number of nitrogens with two attached hydrogens (primary N) is 2. The molecule has 0 aliphatic carbocycles. The van der Waals surface area contributed by atoms with Crippen LogP contribution in [0.15, 0.2) is 36.5 Å². The highest BCUT2D eigenvalue weighted by Crippen LogP contribution is 2.24. The normalized spacial score (nSPS) is 17.2. The largest absolute Gasteiger partial charge is 0.369 e. The summed E-state index contributed by atoms with van der Waals surface area (Å²) < 4.78 is 1.50. The molecule has 0 bridgehead atoms. The Hall–Kier alpha value is -4.11. The lowest BCUT2D eigenvalue weighted by atomic mass is 10.0. The predicted octanol–water partition coefficient (Wildman–Crippen LogP) is -0.138. The second kappa shape index (κ2) is 10.9. The number of Topliss-reactive ketones (excluding diaryl/α,β-unsaturated/α-hetero) is 1. The fourth-order valence-electron chi connectivity index (χ4n) is 4.12. The van der Waals surface area contributed by atoms with E-state index in [0.29, 0.717) is 54.8 Å². The molecule has 0 radical (unpaired) electrons. The van der Waals surface area contributed by atoms with Crippen LogP contribution in [-0.2, 0) is 16.1 Å². The number of amides is 2. The molecule has 1 saturated heterocycles. The monoisotopic (exact) mass is 503 g/mol. The van der Waals surface area contributed by atoms with Gasteiger partial charge in [0.25, 0.3) is 11.8 Å². The van der Waals surface area contributed by atoms with E-state index in [1.807, 2.05) is 6.07 Å². The van der Waals surface area contributed by atoms with Crippen LogP contribution in [0, 0.1) is 11.8 Å². The third kappa shape index (κ3) is 5.67. The fourth-order valence-corrected chi connectivity index (χ4v) is 4.12. The lowest BCUT2D eigenvalue weighted by Crippen LogP contribution is -2.37. The molecule has 11 heteroatoms. The van der Waals surface area contributed by atoms with Crippen molar-refractivity contribution in [2.75, 3.05) is 26.7 Å². The lowest BCUT2D eigenvalue weighted by molar-refractivity contribution is -0.137. The lowest BCUT2D eigenvalue weighted by Gasteiger charge is -2.13. The Bertz CT molecular complexity index is 1420. The first-order chi connectivity index (χ1) is 17.7. The van der Waals surface area contributed by atoms with Crippen molar-refractivity contribution in [2.45, 2.75) is 31.4 Å². The average Bonchev–Trinajstić information content (AvgIpc) is 3.40.